The zero-order valence-corrected chi connectivity index (χ0v) is 9.19. The first-order valence-electron chi connectivity index (χ1n) is 4.34. The molecule has 85 valence electrons. The van der Waals surface area contributed by atoms with E-state index in [0.29, 0.717) is 6.42 Å². The molecule has 1 unspecified atom stereocenters. The highest BCUT2D eigenvalue weighted by Gasteiger charge is 2.01. The molecule has 0 amide bonds. The van der Waals surface area contributed by atoms with Crippen LogP contribution in [0.5, 0.6) is 0 Å². The van der Waals surface area contributed by atoms with E-state index in [1.54, 1.807) is 6.92 Å². The lowest BCUT2D eigenvalue weighted by Gasteiger charge is -2.06. The van der Waals surface area contributed by atoms with E-state index in [2.05, 4.69) is 24.8 Å². The second-order valence-electron chi connectivity index (χ2n) is 2.47. The first-order chi connectivity index (χ1) is 7.01. The summed E-state index contributed by atoms with van der Waals surface area (Å²) in [6.45, 7) is 11.8. The fourth-order valence-corrected chi connectivity index (χ4v) is 0.389. The van der Waals surface area contributed by atoms with E-state index >= 15 is 0 Å². The van der Waals surface area contributed by atoms with Crippen molar-refractivity contribution in [2.45, 2.75) is 19.4 Å². The molecule has 0 saturated heterocycles. The topological polar surface area (TPSA) is 52.6 Å². The molecule has 0 aromatic rings. The van der Waals surface area contributed by atoms with Gasteiger partial charge in [-0.05, 0) is 20.3 Å². The standard InChI is InChI=1S/C7H11O2.C4H6O2/c1-4-6(3)9-7(8)5-2;1-3-4(5)6-2/h5-6H,1-2,4H2,3H3;3H,1H2,2H3. The number of hydrogen-bond acceptors (Lipinski definition) is 4. The summed E-state index contributed by atoms with van der Waals surface area (Å²) in [6.07, 6.45) is 2.75. The summed E-state index contributed by atoms with van der Waals surface area (Å²) in [5.74, 6) is -0.777. The molecule has 0 N–H and O–H groups in total. The molecule has 15 heavy (non-hydrogen) atoms. The van der Waals surface area contributed by atoms with Crippen LogP contribution in [0.1, 0.15) is 13.3 Å². The van der Waals surface area contributed by atoms with Crippen LogP contribution in [0.25, 0.3) is 0 Å². The molecule has 0 rings (SSSR count). The Balaban J connectivity index is 0. The van der Waals surface area contributed by atoms with E-state index in [-0.39, 0.29) is 12.1 Å². The van der Waals surface area contributed by atoms with Crippen LogP contribution < -0.4 is 0 Å². The van der Waals surface area contributed by atoms with Crippen molar-refractivity contribution < 1.29 is 19.1 Å². The van der Waals surface area contributed by atoms with E-state index in [1.807, 2.05) is 0 Å². The summed E-state index contributed by atoms with van der Waals surface area (Å²) in [6, 6.07) is 0. The van der Waals surface area contributed by atoms with Gasteiger partial charge in [0, 0.05) is 12.2 Å². The molecule has 4 nitrogen and oxygen atoms in total. The number of carbonyl (C=O) groups excluding carboxylic acids is 2. The molecule has 0 aromatic carbocycles. The average molecular weight is 213 g/mol. The highest BCUT2D eigenvalue weighted by atomic mass is 16.5. The molecule has 0 aliphatic heterocycles. The summed E-state index contributed by atoms with van der Waals surface area (Å²) in [4.78, 5) is 20.3. The van der Waals surface area contributed by atoms with Crippen molar-refractivity contribution in [2.75, 3.05) is 7.11 Å². The normalized spacial score (nSPS) is 10.1. The van der Waals surface area contributed by atoms with Gasteiger partial charge in [0.05, 0.1) is 13.2 Å². The summed E-state index contributed by atoms with van der Waals surface area (Å²) in [7, 11) is 1.31. The van der Waals surface area contributed by atoms with Crippen molar-refractivity contribution >= 4 is 11.9 Å². The highest BCUT2D eigenvalue weighted by Crippen LogP contribution is 1.95. The Morgan fingerprint density at radius 1 is 1.27 bits per heavy atom. The summed E-state index contributed by atoms with van der Waals surface area (Å²) in [5.41, 5.74) is 0. The van der Waals surface area contributed by atoms with Crippen LogP contribution in [0.4, 0.5) is 0 Å². The van der Waals surface area contributed by atoms with Gasteiger partial charge in [-0.25, -0.2) is 9.59 Å². The van der Waals surface area contributed by atoms with Gasteiger partial charge in [0.15, 0.2) is 0 Å². The molecule has 0 bridgehead atoms. The molecule has 0 fully saturated rings. The van der Waals surface area contributed by atoms with Crippen LogP contribution in [0, 0.1) is 6.92 Å². The Kier molecular flexibility index (Phi) is 11.1. The van der Waals surface area contributed by atoms with Gasteiger partial charge < -0.3 is 9.47 Å². The molecule has 0 aliphatic carbocycles. The third-order valence-corrected chi connectivity index (χ3v) is 1.26. The first-order valence-corrected chi connectivity index (χ1v) is 4.34. The number of esters is 2. The molecule has 0 aliphatic rings. The lowest BCUT2D eigenvalue weighted by molar-refractivity contribution is -0.142. The lowest BCUT2D eigenvalue weighted by Crippen LogP contribution is -2.10. The molecule has 0 heterocycles. The molecule has 4 heteroatoms. The number of rotatable bonds is 4. The van der Waals surface area contributed by atoms with E-state index in [4.69, 9.17) is 4.74 Å². The fourth-order valence-electron chi connectivity index (χ4n) is 0.389. The molecule has 1 radical (unpaired) electrons. The van der Waals surface area contributed by atoms with E-state index in [9.17, 15) is 9.59 Å². The second kappa shape index (κ2) is 10.5. The van der Waals surface area contributed by atoms with Crippen LogP contribution >= 0.6 is 0 Å². The van der Waals surface area contributed by atoms with Gasteiger partial charge in [-0.3, -0.25) is 0 Å². The van der Waals surface area contributed by atoms with Gasteiger partial charge in [-0.2, -0.15) is 0 Å². The zero-order chi connectivity index (χ0) is 12.3. The van der Waals surface area contributed by atoms with Crippen molar-refractivity contribution in [3.63, 3.8) is 0 Å². The molecular formula is C11H17O4. The van der Waals surface area contributed by atoms with Crippen LogP contribution in [-0.4, -0.2) is 25.2 Å². The highest BCUT2D eigenvalue weighted by molar-refractivity contribution is 5.81. The summed E-state index contributed by atoms with van der Waals surface area (Å²) < 4.78 is 8.87. The minimum atomic E-state index is -0.394. The Hall–Kier alpha value is -1.58. The van der Waals surface area contributed by atoms with Crippen molar-refractivity contribution in [3.8, 4) is 0 Å². The Labute approximate surface area is 90.6 Å². The van der Waals surface area contributed by atoms with Crippen LogP contribution in [0.15, 0.2) is 25.3 Å². The largest absolute Gasteiger partial charge is 0.466 e. The van der Waals surface area contributed by atoms with Crippen molar-refractivity contribution in [1.82, 2.24) is 0 Å². The predicted octanol–water partition coefficient (Wildman–Crippen LogP) is 1.67. The summed E-state index contributed by atoms with van der Waals surface area (Å²) in [5, 5.41) is 0. The van der Waals surface area contributed by atoms with Crippen LogP contribution in [0.2, 0.25) is 0 Å². The summed E-state index contributed by atoms with van der Waals surface area (Å²) >= 11 is 0. The Morgan fingerprint density at radius 3 is 1.93 bits per heavy atom. The number of hydrogen-bond donors (Lipinski definition) is 0. The Morgan fingerprint density at radius 2 is 1.73 bits per heavy atom. The van der Waals surface area contributed by atoms with E-state index < -0.39 is 5.97 Å². The quantitative estimate of drug-likeness (QED) is 0.526. The van der Waals surface area contributed by atoms with Gasteiger partial charge >= 0.3 is 11.9 Å². The van der Waals surface area contributed by atoms with Gasteiger partial charge in [0.25, 0.3) is 0 Å². The molecule has 0 aromatic heterocycles. The maximum absolute atomic E-state index is 10.4. The maximum atomic E-state index is 10.4. The zero-order valence-electron chi connectivity index (χ0n) is 9.19. The average Bonchev–Trinajstić information content (AvgIpc) is 2.28. The predicted molar refractivity (Wildman–Crippen MR) is 57.9 cm³/mol. The van der Waals surface area contributed by atoms with Gasteiger partial charge in [-0.15, -0.1) is 0 Å². The number of ether oxygens (including phenoxy) is 2. The molecule has 1 atom stereocenters. The Bertz CT molecular complexity index is 221. The second-order valence-corrected chi connectivity index (χ2v) is 2.47. The first kappa shape index (κ1) is 15.9. The monoisotopic (exact) mass is 213 g/mol. The lowest BCUT2D eigenvalue weighted by atomic mass is 10.3. The fraction of sp³-hybridized carbons (Fsp3) is 0.364. The number of carbonyl (C=O) groups is 2. The minimum Gasteiger partial charge on any atom is -0.466 e. The SMILES string of the molecule is C=CC(=O)OC.[CH2]CC(C)OC(=O)C=C. The maximum Gasteiger partial charge on any atom is 0.330 e. The van der Waals surface area contributed by atoms with Gasteiger partial charge in [0.2, 0.25) is 0 Å². The minimum absolute atomic E-state index is 0.101. The smallest absolute Gasteiger partial charge is 0.330 e. The van der Waals surface area contributed by atoms with E-state index in [0.717, 1.165) is 12.2 Å². The third kappa shape index (κ3) is 12.4. The van der Waals surface area contributed by atoms with Crippen molar-refractivity contribution in [2.24, 2.45) is 0 Å². The number of methoxy groups -OCH3 is 1. The van der Waals surface area contributed by atoms with Crippen molar-refractivity contribution in [3.05, 3.63) is 32.2 Å². The van der Waals surface area contributed by atoms with Gasteiger partial charge in [0.1, 0.15) is 0 Å². The molecule has 0 saturated carbocycles. The molecule has 0 spiro atoms. The third-order valence-electron chi connectivity index (χ3n) is 1.26. The van der Waals surface area contributed by atoms with Gasteiger partial charge in [-0.1, -0.05) is 13.2 Å². The van der Waals surface area contributed by atoms with Crippen LogP contribution in [-0.2, 0) is 19.1 Å². The molecular weight excluding hydrogens is 196 g/mol. The van der Waals surface area contributed by atoms with Crippen molar-refractivity contribution in [1.29, 1.82) is 0 Å². The van der Waals surface area contributed by atoms with E-state index in [1.165, 1.54) is 7.11 Å². The van der Waals surface area contributed by atoms with Crippen LogP contribution in [0.3, 0.4) is 0 Å².